The van der Waals surface area contributed by atoms with E-state index in [0.717, 1.165) is 4.47 Å². The van der Waals surface area contributed by atoms with Gasteiger partial charge in [0.2, 0.25) is 0 Å². The first-order chi connectivity index (χ1) is 9.20. The van der Waals surface area contributed by atoms with E-state index in [1.165, 1.54) is 0 Å². The van der Waals surface area contributed by atoms with Crippen LogP contribution >= 0.6 is 15.9 Å². The zero-order chi connectivity index (χ0) is 15.5. The summed E-state index contributed by atoms with van der Waals surface area (Å²) in [6.45, 7) is 8.55. The van der Waals surface area contributed by atoms with Gasteiger partial charge in [0.05, 0.1) is 14.2 Å². The van der Waals surface area contributed by atoms with Gasteiger partial charge in [0.15, 0.2) is 17.3 Å². The van der Waals surface area contributed by atoms with Crippen LogP contribution in [0.1, 0.15) is 44.5 Å². The van der Waals surface area contributed by atoms with E-state index in [-0.39, 0.29) is 11.2 Å². The Morgan fingerprint density at radius 2 is 1.70 bits per heavy atom. The van der Waals surface area contributed by atoms with Crippen molar-refractivity contribution in [3.63, 3.8) is 0 Å². The molecule has 3 nitrogen and oxygen atoms in total. The predicted molar refractivity (Wildman–Crippen MR) is 84.8 cm³/mol. The Morgan fingerprint density at radius 3 is 2.15 bits per heavy atom. The first kappa shape index (κ1) is 17.0. The molecular weight excluding hydrogens is 320 g/mol. The largest absolute Gasteiger partial charge is 0.493 e. The van der Waals surface area contributed by atoms with E-state index in [1.54, 1.807) is 26.4 Å². The molecule has 1 aromatic carbocycles. The Kier molecular flexibility index (Phi) is 5.63. The van der Waals surface area contributed by atoms with E-state index in [1.807, 2.05) is 0 Å². The number of hydrogen-bond acceptors (Lipinski definition) is 3. The molecule has 0 radical (unpaired) electrons. The van der Waals surface area contributed by atoms with E-state index >= 15 is 0 Å². The molecule has 0 heterocycles. The number of halogens is 1. The molecule has 0 spiro atoms. The number of carbonyl (C=O) groups excluding carboxylic acids is 1. The Labute approximate surface area is 129 Å². The topological polar surface area (TPSA) is 35.5 Å². The molecule has 0 N–H and O–H groups in total. The minimum Gasteiger partial charge on any atom is -0.493 e. The molecule has 0 fully saturated rings. The van der Waals surface area contributed by atoms with Crippen LogP contribution in [0.2, 0.25) is 0 Å². The van der Waals surface area contributed by atoms with Gasteiger partial charge >= 0.3 is 0 Å². The number of benzene rings is 1. The highest BCUT2D eigenvalue weighted by Crippen LogP contribution is 2.35. The lowest BCUT2D eigenvalue weighted by Gasteiger charge is -2.26. The zero-order valence-electron chi connectivity index (χ0n) is 13.0. The first-order valence-corrected chi connectivity index (χ1v) is 7.44. The third kappa shape index (κ3) is 3.98. The van der Waals surface area contributed by atoms with Crippen LogP contribution in [0.5, 0.6) is 11.5 Å². The summed E-state index contributed by atoms with van der Waals surface area (Å²) in [7, 11) is 3.14. The van der Waals surface area contributed by atoms with Gasteiger partial charge in [-0.25, -0.2) is 0 Å². The minimum absolute atomic E-state index is 0.110. The summed E-state index contributed by atoms with van der Waals surface area (Å²) >= 11 is 3.44. The van der Waals surface area contributed by atoms with Crippen molar-refractivity contribution in [2.75, 3.05) is 14.2 Å². The lowest BCUT2D eigenvalue weighted by molar-refractivity contribution is 0.0926. The molecule has 0 aliphatic heterocycles. The van der Waals surface area contributed by atoms with Gasteiger partial charge in [0.25, 0.3) is 0 Å². The molecular formula is C16H23BrO3. The lowest BCUT2D eigenvalue weighted by Crippen LogP contribution is -2.20. The maximum atomic E-state index is 12.5. The maximum Gasteiger partial charge on any atom is 0.164 e. The number of rotatable bonds is 5. The summed E-state index contributed by atoms with van der Waals surface area (Å²) in [6.07, 6.45) is 0.511. The van der Waals surface area contributed by atoms with Gasteiger partial charge in [0.1, 0.15) is 0 Å². The molecule has 1 aromatic rings. The van der Waals surface area contributed by atoms with Crippen molar-refractivity contribution in [3.8, 4) is 11.5 Å². The number of ketones is 1. The van der Waals surface area contributed by atoms with E-state index in [9.17, 15) is 4.79 Å². The molecule has 0 saturated heterocycles. The van der Waals surface area contributed by atoms with Gasteiger partial charge in [-0.2, -0.15) is 0 Å². The number of methoxy groups -OCH3 is 2. The standard InChI is InChI=1S/C16H23BrO3/c1-10(16(2,3)4)7-13(18)11-8-14(19-5)15(20-6)9-12(11)17/h8-10H,7H2,1-6H3. The van der Waals surface area contributed by atoms with Crippen LogP contribution in [-0.2, 0) is 0 Å². The molecule has 20 heavy (non-hydrogen) atoms. The number of carbonyl (C=O) groups is 1. The fraction of sp³-hybridized carbons (Fsp3) is 0.562. The van der Waals surface area contributed by atoms with Crippen molar-refractivity contribution < 1.29 is 14.3 Å². The van der Waals surface area contributed by atoms with Gasteiger partial charge in [-0.1, -0.05) is 27.7 Å². The second-order valence-electron chi connectivity index (χ2n) is 6.08. The van der Waals surface area contributed by atoms with Gasteiger partial charge in [-0.15, -0.1) is 0 Å². The molecule has 1 unspecified atom stereocenters. The summed E-state index contributed by atoms with van der Waals surface area (Å²) < 4.78 is 11.2. The number of Topliss-reactive ketones (excluding diaryl/α,β-unsaturated/α-hetero) is 1. The number of hydrogen-bond donors (Lipinski definition) is 0. The molecule has 0 aliphatic rings. The molecule has 0 bridgehead atoms. The Morgan fingerprint density at radius 1 is 1.20 bits per heavy atom. The molecule has 0 amide bonds. The molecule has 1 rings (SSSR count). The lowest BCUT2D eigenvalue weighted by atomic mass is 9.78. The third-order valence-electron chi connectivity index (χ3n) is 3.74. The minimum atomic E-state index is 0.110. The summed E-state index contributed by atoms with van der Waals surface area (Å²) in [4.78, 5) is 12.5. The maximum absolute atomic E-state index is 12.5. The van der Waals surface area contributed by atoms with Crippen LogP contribution in [0, 0.1) is 11.3 Å². The van der Waals surface area contributed by atoms with Crippen LogP contribution in [0.25, 0.3) is 0 Å². The van der Waals surface area contributed by atoms with Crippen molar-refractivity contribution in [1.82, 2.24) is 0 Å². The Hall–Kier alpha value is -1.03. The van der Waals surface area contributed by atoms with Crippen LogP contribution in [-0.4, -0.2) is 20.0 Å². The average Bonchev–Trinajstić information content (AvgIpc) is 2.36. The monoisotopic (exact) mass is 342 g/mol. The Balaban J connectivity index is 3.05. The van der Waals surface area contributed by atoms with E-state index in [4.69, 9.17) is 9.47 Å². The fourth-order valence-corrected chi connectivity index (χ4v) is 2.31. The van der Waals surface area contributed by atoms with Crippen LogP contribution < -0.4 is 9.47 Å². The normalized spacial score (nSPS) is 12.9. The molecule has 0 aliphatic carbocycles. The fourth-order valence-electron chi connectivity index (χ4n) is 1.76. The summed E-state index contributed by atoms with van der Waals surface area (Å²) in [5.74, 6) is 1.59. The van der Waals surface area contributed by atoms with Crippen molar-refractivity contribution >= 4 is 21.7 Å². The quantitative estimate of drug-likeness (QED) is 0.726. The average molecular weight is 343 g/mol. The van der Waals surface area contributed by atoms with Crippen molar-refractivity contribution in [3.05, 3.63) is 22.2 Å². The van der Waals surface area contributed by atoms with Gasteiger partial charge in [0, 0.05) is 16.5 Å². The zero-order valence-corrected chi connectivity index (χ0v) is 14.6. The van der Waals surface area contributed by atoms with Gasteiger partial charge < -0.3 is 9.47 Å². The van der Waals surface area contributed by atoms with E-state index in [0.29, 0.717) is 29.4 Å². The van der Waals surface area contributed by atoms with Crippen molar-refractivity contribution in [1.29, 1.82) is 0 Å². The number of ether oxygens (including phenoxy) is 2. The summed E-state index contributed by atoms with van der Waals surface area (Å²) in [5, 5.41) is 0. The van der Waals surface area contributed by atoms with Crippen LogP contribution in [0.4, 0.5) is 0 Å². The highest BCUT2D eigenvalue weighted by molar-refractivity contribution is 9.10. The smallest absolute Gasteiger partial charge is 0.164 e. The molecule has 1 atom stereocenters. The van der Waals surface area contributed by atoms with E-state index < -0.39 is 0 Å². The highest BCUT2D eigenvalue weighted by atomic mass is 79.9. The summed E-state index contributed by atoms with van der Waals surface area (Å²) in [6, 6.07) is 3.51. The first-order valence-electron chi connectivity index (χ1n) is 6.65. The van der Waals surface area contributed by atoms with Crippen LogP contribution in [0.3, 0.4) is 0 Å². The molecule has 4 heteroatoms. The second-order valence-corrected chi connectivity index (χ2v) is 6.94. The second kappa shape index (κ2) is 6.61. The molecule has 0 aromatic heterocycles. The van der Waals surface area contributed by atoms with Gasteiger partial charge in [-0.3, -0.25) is 4.79 Å². The van der Waals surface area contributed by atoms with Crippen LogP contribution in [0.15, 0.2) is 16.6 Å². The molecule has 0 saturated carbocycles. The Bertz CT molecular complexity index is 489. The van der Waals surface area contributed by atoms with Gasteiger partial charge in [-0.05, 0) is 39.4 Å². The van der Waals surface area contributed by atoms with Crippen molar-refractivity contribution in [2.45, 2.75) is 34.1 Å². The third-order valence-corrected chi connectivity index (χ3v) is 4.40. The van der Waals surface area contributed by atoms with E-state index in [2.05, 4.69) is 43.6 Å². The van der Waals surface area contributed by atoms with Crippen molar-refractivity contribution in [2.24, 2.45) is 11.3 Å². The highest BCUT2D eigenvalue weighted by Gasteiger charge is 2.24. The predicted octanol–water partition coefficient (Wildman–Crippen LogP) is 4.72. The molecule has 112 valence electrons. The summed E-state index contributed by atoms with van der Waals surface area (Å²) in [5.41, 5.74) is 0.748. The SMILES string of the molecule is COc1cc(Br)c(C(=O)CC(C)C(C)(C)C)cc1OC.